The van der Waals surface area contributed by atoms with Crippen LogP contribution in [0.5, 0.6) is 0 Å². The number of ether oxygens (including phenoxy) is 2. The summed E-state index contributed by atoms with van der Waals surface area (Å²) in [5.41, 5.74) is 3.85. The van der Waals surface area contributed by atoms with Gasteiger partial charge in [-0.05, 0) is 24.1 Å². The van der Waals surface area contributed by atoms with Gasteiger partial charge in [0.25, 0.3) is 0 Å². The number of cyclic esters (lactones) is 1. The summed E-state index contributed by atoms with van der Waals surface area (Å²) in [7, 11) is 0. The van der Waals surface area contributed by atoms with Crippen molar-refractivity contribution in [2.75, 3.05) is 19.8 Å². The van der Waals surface area contributed by atoms with Gasteiger partial charge in [-0.1, -0.05) is 28.1 Å². The van der Waals surface area contributed by atoms with Crippen molar-refractivity contribution in [1.82, 2.24) is 0 Å². The Labute approximate surface area is 141 Å². The van der Waals surface area contributed by atoms with Gasteiger partial charge in [-0.25, -0.2) is 4.79 Å². The average Bonchev–Trinajstić information content (AvgIpc) is 2.90. The lowest BCUT2D eigenvalue weighted by Gasteiger charge is -2.33. The van der Waals surface area contributed by atoms with Crippen LogP contribution >= 0.6 is 15.9 Å². The third-order valence-electron chi connectivity index (χ3n) is 4.55. The summed E-state index contributed by atoms with van der Waals surface area (Å²) in [4.78, 5) is 29.2. The molecule has 1 aromatic rings. The zero-order valence-corrected chi connectivity index (χ0v) is 14.1. The second-order valence-corrected chi connectivity index (χ2v) is 6.82. The fourth-order valence-electron chi connectivity index (χ4n) is 3.41. The van der Waals surface area contributed by atoms with Crippen molar-refractivity contribution in [2.24, 2.45) is 10.9 Å². The highest BCUT2D eigenvalue weighted by Gasteiger charge is 2.47. The average molecular weight is 376 g/mol. The maximum atomic E-state index is 12.5. The van der Waals surface area contributed by atoms with E-state index in [-0.39, 0.29) is 30.9 Å². The number of benzene rings is 1. The molecule has 118 valence electrons. The number of aliphatic imine (C=N–C) groups is 1. The molecule has 23 heavy (non-hydrogen) atoms. The quantitative estimate of drug-likeness (QED) is 0.706. The number of carbonyl (C=O) groups is 2. The van der Waals surface area contributed by atoms with Gasteiger partial charge in [0.1, 0.15) is 13.2 Å². The van der Waals surface area contributed by atoms with Crippen LogP contribution in [0.4, 0.5) is 0 Å². The van der Waals surface area contributed by atoms with E-state index in [9.17, 15) is 9.59 Å². The summed E-state index contributed by atoms with van der Waals surface area (Å²) in [5, 5.41) is 0. The van der Waals surface area contributed by atoms with Crippen molar-refractivity contribution in [1.29, 1.82) is 0 Å². The van der Waals surface area contributed by atoms with Gasteiger partial charge in [0.2, 0.25) is 0 Å². The molecule has 3 aliphatic heterocycles. The van der Waals surface area contributed by atoms with E-state index >= 15 is 0 Å². The molecule has 0 saturated carbocycles. The summed E-state index contributed by atoms with van der Waals surface area (Å²) in [6.07, 6.45) is 0. The van der Waals surface area contributed by atoms with Crippen LogP contribution in [0.2, 0.25) is 0 Å². The van der Waals surface area contributed by atoms with E-state index in [0.717, 1.165) is 15.6 Å². The van der Waals surface area contributed by atoms with Crippen molar-refractivity contribution in [2.45, 2.75) is 12.8 Å². The Morgan fingerprint density at radius 1 is 1.17 bits per heavy atom. The van der Waals surface area contributed by atoms with E-state index < -0.39 is 5.92 Å². The molecule has 2 atom stereocenters. The molecule has 3 heterocycles. The SMILES string of the molecule is Cc1ccc(C2C3=C(COC3=O)N=C3COCC(=O)C32)cc1Br. The first-order chi connectivity index (χ1) is 11.1. The predicted octanol–water partition coefficient (Wildman–Crippen LogP) is 2.32. The lowest BCUT2D eigenvalue weighted by Crippen LogP contribution is -2.43. The Hall–Kier alpha value is -1.79. The molecule has 0 aromatic heterocycles. The fraction of sp³-hybridized carbons (Fsp3) is 0.353. The van der Waals surface area contributed by atoms with Crippen LogP contribution in [0.3, 0.4) is 0 Å². The number of halogens is 1. The zero-order valence-electron chi connectivity index (χ0n) is 12.5. The van der Waals surface area contributed by atoms with Crippen LogP contribution in [0, 0.1) is 12.8 Å². The number of nitrogens with zero attached hydrogens (tertiary/aromatic N) is 1. The van der Waals surface area contributed by atoms with Crippen molar-refractivity contribution in [3.8, 4) is 0 Å². The summed E-state index contributed by atoms with van der Waals surface area (Å²) >= 11 is 3.53. The second-order valence-electron chi connectivity index (χ2n) is 5.96. The fourth-order valence-corrected chi connectivity index (χ4v) is 3.81. The third kappa shape index (κ3) is 2.28. The molecule has 0 N–H and O–H groups in total. The normalized spacial score (nSPS) is 26.6. The van der Waals surface area contributed by atoms with Crippen molar-refractivity contribution >= 4 is 33.4 Å². The van der Waals surface area contributed by atoms with Gasteiger partial charge in [0.15, 0.2) is 5.78 Å². The molecule has 0 amide bonds. The minimum atomic E-state index is -0.442. The number of esters is 1. The van der Waals surface area contributed by atoms with Gasteiger partial charge < -0.3 is 9.47 Å². The molecule has 1 aromatic carbocycles. The molecule has 2 unspecified atom stereocenters. The Morgan fingerprint density at radius 3 is 2.78 bits per heavy atom. The number of carbonyl (C=O) groups excluding carboxylic acids is 2. The largest absolute Gasteiger partial charge is 0.456 e. The molecular formula is C17H14BrNO4. The molecule has 6 heteroatoms. The molecule has 0 aliphatic carbocycles. The molecule has 0 spiro atoms. The topological polar surface area (TPSA) is 65.0 Å². The Kier molecular flexibility index (Phi) is 3.46. The minimum absolute atomic E-state index is 0.0389. The van der Waals surface area contributed by atoms with Gasteiger partial charge in [-0.3, -0.25) is 9.79 Å². The van der Waals surface area contributed by atoms with E-state index in [1.54, 1.807) is 0 Å². The highest BCUT2D eigenvalue weighted by molar-refractivity contribution is 9.10. The number of Topliss-reactive ketones (excluding diaryl/α,β-unsaturated/α-hetero) is 1. The van der Waals surface area contributed by atoms with Gasteiger partial charge in [0, 0.05) is 10.4 Å². The molecule has 0 radical (unpaired) electrons. The van der Waals surface area contributed by atoms with Crippen molar-refractivity contribution in [3.05, 3.63) is 45.1 Å². The Balaban J connectivity index is 1.89. The first-order valence-electron chi connectivity index (χ1n) is 7.40. The first-order valence-corrected chi connectivity index (χ1v) is 8.19. The summed E-state index contributed by atoms with van der Waals surface area (Å²) in [6, 6.07) is 5.92. The molecule has 3 aliphatic rings. The Bertz CT molecular complexity index is 796. The smallest absolute Gasteiger partial charge is 0.337 e. The molecule has 1 saturated heterocycles. The van der Waals surface area contributed by atoms with Crippen molar-refractivity contribution in [3.63, 3.8) is 0 Å². The van der Waals surface area contributed by atoms with Crippen molar-refractivity contribution < 1.29 is 19.1 Å². The number of rotatable bonds is 1. The summed E-state index contributed by atoms with van der Waals surface area (Å²) < 4.78 is 11.4. The number of aryl methyl sites for hydroxylation is 1. The summed E-state index contributed by atoms with van der Waals surface area (Å²) in [6.45, 7) is 2.55. The second kappa shape index (κ2) is 5.39. The van der Waals surface area contributed by atoms with E-state index in [2.05, 4.69) is 20.9 Å². The van der Waals surface area contributed by atoms with Crippen LogP contribution in [0.1, 0.15) is 17.0 Å². The third-order valence-corrected chi connectivity index (χ3v) is 5.40. The predicted molar refractivity (Wildman–Crippen MR) is 86.4 cm³/mol. The maximum Gasteiger partial charge on any atom is 0.337 e. The number of fused-ring (bicyclic) bond motifs is 1. The molecule has 1 fully saturated rings. The van der Waals surface area contributed by atoms with Crippen LogP contribution in [0.15, 0.2) is 38.9 Å². The van der Waals surface area contributed by atoms with Gasteiger partial charge in [0.05, 0.1) is 29.5 Å². The molecular weight excluding hydrogens is 362 g/mol. The lowest BCUT2D eigenvalue weighted by molar-refractivity contribution is -0.136. The van der Waals surface area contributed by atoms with Gasteiger partial charge in [-0.2, -0.15) is 0 Å². The van der Waals surface area contributed by atoms with Crippen LogP contribution in [-0.2, 0) is 19.1 Å². The van der Waals surface area contributed by atoms with Gasteiger partial charge >= 0.3 is 5.97 Å². The monoisotopic (exact) mass is 375 g/mol. The van der Waals surface area contributed by atoms with Gasteiger partial charge in [-0.15, -0.1) is 0 Å². The molecule has 5 nitrogen and oxygen atoms in total. The number of hydrogen-bond acceptors (Lipinski definition) is 5. The number of hydrogen-bond donors (Lipinski definition) is 0. The van der Waals surface area contributed by atoms with E-state index in [0.29, 0.717) is 23.6 Å². The highest BCUT2D eigenvalue weighted by atomic mass is 79.9. The molecule has 4 rings (SSSR count). The lowest BCUT2D eigenvalue weighted by atomic mass is 9.73. The van der Waals surface area contributed by atoms with E-state index in [1.807, 2.05) is 25.1 Å². The maximum absolute atomic E-state index is 12.5. The molecule has 0 bridgehead atoms. The number of ketones is 1. The standard InChI is InChI=1S/C17H14BrNO4/c1-8-2-3-9(4-10(8)18)14-15-11(5-22-7-13(15)20)19-12-6-23-17(21)16(12)14/h2-4,14-15H,5-7H2,1H3. The van der Waals surface area contributed by atoms with Crippen LogP contribution in [-0.4, -0.2) is 37.3 Å². The Morgan fingerprint density at radius 2 is 2.00 bits per heavy atom. The van der Waals surface area contributed by atoms with E-state index in [1.165, 1.54) is 0 Å². The van der Waals surface area contributed by atoms with Crippen LogP contribution < -0.4 is 0 Å². The minimum Gasteiger partial charge on any atom is -0.456 e. The van der Waals surface area contributed by atoms with E-state index in [4.69, 9.17) is 9.47 Å². The first kappa shape index (κ1) is 14.8. The highest BCUT2D eigenvalue weighted by Crippen LogP contribution is 2.43. The summed E-state index contributed by atoms with van der Waals surface area (Å²) in [5.74, 6) is -1.20. The zero-order chi connectivity index (χ0) is 16.1. The van der Waals surface area contributed by atoms with Crippen LogP contribution in [0.25, 0.3) is 0 Å².